The van der Waals surface area contributed by atoms with E-state index in [-0.39, 0.29) is 24.3 Å². The molecule has 1 rings (SSSR count). The molecular weight excluding hydrogens is 285 g/mol. The van der Waals surface area contributed by atoms with Gasteiger partial charge in [0, 0.05) is 12.3 Å². The van der Waals surface area contributed by atoms with Crippen molar-refractivity contribution in [2.75, 3.05) is 6.16 Å². The molecule has 0 saturated heterocycles. The number of rotatable bonds is 7. The summed E-state index contributed by atoms with van der Waals surface area (Å²) < 4.78 is 12.0. The molecule has 0 aliphatic carbocycles. The Kier molecular flexibility index (Phi) is 5.44. The summed E-state index contributed by atoms with van der Waals surface area (Å²) in [4.78, 5) is 31.1. The van der Waals surface area contributed by atoms with Crippen LogP contribution in [0.4, 0.5) is 0 Å². The van der Waals surface area contributed by atoms with E-state index in [1.165, 1.54) is 18.2 Å². The van der Waals surface area contributed by atoms with E-state index >= 15 is 0 Å². The lowest BCUT2D eigenvalue weighted by molar-refractivity contribution is -0.138. The van der Waals surface area contributed by atoms with Crippen molar-refractivity contribution in [1.82, 2.24) is 0 Å². The molecule has 0 amide bonds. The predicted molar refractivity (Wildman–Crippen MR) is 72.0 cm³/mol. The lowest BCUT2D eigenvalue weighted by atomic mass is 10.1. The second-order valence-corrected chi connectivity index (χ2v) is 6.92. The van der Waals surface area contributed by atoms with Gasteiger partial charge in [0.15, 0.2) is 0 Å². The molecule has 0 radical (unpaired) electrons. The Balaban J connectivity index is 2.71. The zero-order valence-corrected chi connectivity index (χ0v) is 11.5. The van der Waals surface area contributed by atoms with Gasteiger partial charge in [-0.2, -0.15) is 0 Å². The van der Waals surface area contributed by atoms with Crippen LogP contribution in [0.5, 0.6) is 0 Å². The molecule has 0 aromatic heterocycles. The van der Waals surface area contributed by atoms with Gasteiger partial charge in [0.05, 0.1) is 5.56 Å². The van der Waals surface area contributed by atoms with Crippen LogP contribution >= 0.6 is 7.37 Å². The molecule has 1 aromatic carbocycles. The van der Waals surface area contributed by atoms with Crippen LogP contribution < -0.4 is 5.73 Å². The van der Waals surface area contributed by atoms with E-state index in [0.29, 0.717) is 5.56 Å². The number of hydrogen-bond acceptors (Lipinski definition) is 4. The topological polar surface area (TPSA) is 138 Å². The van der Waals surface area contributed by atoms with E-state index in [0.717, 1.165) is 0 Å². The van der Waals surface area contributed by atoms with Crippen molar-refractivity contribution in [3.63, 3.8) is 0 Å². The molecule has 0 aliphatic heterocycles. The van der Waals surface area contributed by atoms with Crippen LogP contribution in [0.25, 0.3) is 0 Å². The van der Waals surface area contributed by atoms with Crippen molar-refractivity contribution in [3.8, 4) is 0 Å². The molecule has 8 heteroatoms. The van der Waals surface area contributed by atoms with E-state index in [1.54, 1.807) is 6.07 Å². The molecule has 5 N–H and O–H groups in total. The first-order valence-electron chi connectivity index (χ1n) is 5.83. The van der Waals surface area contributed by atoms with Crippen molar-refractivity contribution in [3.05, 3.63) is 35.4 Å². The van der Waals surface area contributed by atoms with E-state index in [4.69, 9.17) is 15.9 Å². The zero-order valence-electron chi connectivity index (χ0n) is 10.6. The van der Waals surface area contributed by atoms with Crippen LogP contribution in [-0.2, 0) is 15.5 Å². The summed E-state index contributed by atoms with van der Waals surface area (Å²) in [5.41, 5.74) is 5.72. The van der Waals surface area contributed by atoms with Gasteiger partial charge in [0.2, 0.25) is 7.37 Å². The normalized spacial score (nSPS) is 15.3. The van der Waals surface area contributed by atoms with Crippen LogP contribution in [0.15, 0.2) is 24.3 Å². The quantitative estimate of drug-likeness (QED) is 0.550. The van der Waals surface area contributed by atoms with Crippen LogP contribution in [0.1, 0.15) is 22.3 Å². The molecule has 1 aromatic rings. The van der Waals surface area contributed by atoms with E-state index in [9.17, 15) is 19.0 Å². The van der Waals surface area contributed by atoms with Gasteiger partial charge < -0.3 is 20.8 Å². The van der Waals surface area contributed by atoms with Crippen LogP contribution in [-0.4, -0.2) is 39.2 Å². The van der Waals surface area contributed by atoms with E-state index in [1.807, 2.05) is 0 Å². The van der Waals surface area contributed by atoms with E-state index in [2.05, 4.69) is 0 Å². The van der Waals surface area contributed by atoms with Gasteiger partial charge >= 0.3 is 11.9 Å². The van der Waals surface area contributed by atoms with Crippen molar-refractivity contribution < 1.29 is 29.3 Å². The van der Waals surface area contributed by atoms with Gasteiger partial charge in [-0.15, -0.1) is 0 Å². The summed E-state index contributed by atoms with van der Waals surface area (Å²) in [6.45, 7) is 0. The van der Waals surface area contributed by atoms with Gasteiger partial charge in [0.25, 0.3) is 0 Å². The van der Waals surface area contributed by atoms with Gasteiger partial charge in [-0.25, -0.2) is 4.79 Å². The predicted octanol–water partition coefficient (Wildman–Crippen LogP) is 0.957. The third-order valence-electron chi connectivity index (χ3n) is 2.71. The van der Waals surface area contributed by atoms with Crippen LogP contribution in [0.2, 0.25) is 0 Å². The molecule has 0 aliphatic rings. The molecule has 7 nitrogen and oxygen atoms in total. The zero-order chi connectivity index (χ0) is 15.3. The fourth-order valence-corrected chi connectivity index (χ4v) is 3.24. The largest absolute Gasteiger partial charge is 0.480 e. The lowest BCUT2D eigenvalue weighted by Gasteiger charge is -2.13. The molecule has 20 heavy (non-hydrogen) atoms. The number of carbonyl (C=O) groups is 2. The van der Waals surface area contributed by atoms with Crippen molar-refractivity contribution in [2.24, 2.45) is 5.73 Å². The number of nitrogens with two attached hydrogens (primary N) is 1. The number of aliphatic carboxylic acids is 1. The molecule has 110 valence electrons. The Morgan fingerprint density at radius 1 is 1.30 bits per heavy atom. The maximum absolute atomic E-state index is 12.0. The van der Waals surface area contributed by atoms with Crippen LogP contribution in [0, 0.1) is 0 Å². The summed E-state index contributed by atoms with van der Waals surface area (Å²) in [6, 6.07) is 4.56. The van der Waals surface area contributed by atoms with Crippen molar-refractivity contribution >= 4 is 19.3 Å². The van der Waals surface area contributed by atoms with Gasteiger partial charge in [-0.3, -0.25) is 9.36 Å². The highest BCUT2D eigenvalue weighted by Crippen LogP contribution is 2.45. The number of carboxylic acids is 2. The molecule has 0 heterocycles. The first-order valence-corrected chi connectivity index (χ1v) is 7.86. The maximum Gasteiger partial charge on any atom is 0.335 e. The first kappa shape index (κ1) is 16.4. The first-order chi connectivity index (χ1) is 9.21. The Hall–Kier alpha value is -1.69. The standard InChI is InChI=1S/C12H16NO6P/c13-10(12(16)17)4-5-20(18,19)7-8-2-1-3-9(6-8)11(14)15/h1-3,6,10H,4-5,7,13H2,(H,14,15)(H,16,17)(H,18,19)/t10-/m1/s1. The van der Waals surface area contributed by atoms with Gasteiger partial charge in [-0.05, 0) is 24.1 Å². The highest BCUT2D eigenvalue weighted by atomic mass is 31.2. The summed E-state index contributed by atoms with van der Waals surface area (Å²) in [5, 5.41) is 17.4. The fraction of sp³-hybridized carbons (Fsp3) is 0.333. The monoisotopic (exact) mass is 301 g/mol. The molecule has 0 bridgehead atoms. The Morgan fingerprint density at radius 3 is 2.50 bits per heavy atom. The van der Waals surface area contributed by atoms with Crippen molar-refractivity contribution in [2.45, 2.75) is 18.6 Å². The third kappa shape index (κ3) is 5.13. The third-order valence-corrected chi connectivity index (χ3v) is 4.53. The second kappa shape index (κ2) is 6.65. The molecule has 0 saturated carbocycles. The smallest absolute Gasteiger partial charge is 0.335 e. The summed E-state index contributed by atoms with van der Waals surface area (Å²) in [6.07, 6.45) is -0.542. The lowest BCUT2D eigenvalue weighted by Crippen LogP contribution is -2.30. The minimum Gasteiger partial charge on any atom is -0.480 e. The number of carboxylic acid groups (broad SMARTS) is 2. The fourth-order valence-electron chi connectivity index (χ4n) is 1.63. The average molecular weight is 301 g/mol. The minimum absolute atomic E-state index is 0.0322. The highest BCUT2D eigenvalue weighted by Gasteiger charge is 2.22. The molecular formula is C12H16NO6P. The maximum atomic E-state index is 12.0. The van der Waals surface area contributed by atoms with Gasteiger partial charge in [0.1, 0.15) is 6.04 Å². The molecule has 0 fully saturated rings. The van der Waals surface area contributed by atoms with E-state index < -0.39 is 25.3 Å². The summed E-state index contributed by atoms with van der Waals surface area (Å²) >= 11 is 0. The average Bonchev–Trinajstić information content (AvgIpc) is 2.35. The minimum atomic E-state index is -3.59. The molecule has 1 unspecified atom stereocenters. The number of aromatic carboxylic acids is 1. The molecule has 2 atom stereocenters. The SMILES string of the molecule is N[C@H](CCP(=O)(O)Cc1cccc(C(=O)O)c1)C(=O)O. The van der Waals surface area contributed by atoms with Crippen molar-refractivity contribution in [1.29, 1.82) is 0 Å². The summed E-state index contributed by atoms with van der Waals surface area (Å²) in [7, 11) is -3.59. The van der Waals surface area contributed by atoms with Gasteiger partial charge in [-0.1, -0.05) is 12.1 Å². The Labute approximate surface area is 115 Å². The number of hydrogen-bond donors (Lipinski definition) is 4. The van der Waals surface area contributed by atoms with Crippen LogP contribution in [0.3, 0.4) is 0 Å². The Morgan fingerprint density at radius 2 is 1.95 bits per heavy atom. The number of benzene rings is 1. The highest BCUT2D eigenvalue weighted by molar-refractivity contribution is 7.57. The Bertz CT molecular complexity index is 559. The molecule has 0 spiro atoms. The summed E-state index contributed by atoms with van der Waals surface area (Å²) in [5.74, 6) is -2.34. The second-order valence-electron chi connectivity index (χ2n) is 4.47.